The van der Waals surface area contributed by atoms with Crippen molar-refractivity contribution in [1.82, 2.24) is 25.5 Å². The first kappa shape index (κ1) is 16.2. The molecular formula is C18H23N5O2. The summed E-state index contributed by atoms with van der Waals surface area (Å²) in [5, 5.41) is 10.0. The van der Waals surface area contributed by atoms with Gasteiger partial charge in [-0.2, -0.15) is 5.10 Å². The fourth-order valence-electron chi connectivity index (χ4n) is 3.60. The standard InChI is InChI=1S/C18H23N5O2/c1-18(7-2-3-8-25-18)17-20-10-12(11-21-17)9-19-16(24)15-13-5-4-6-14(13)22-23-15/h10-11H,2-9H2,1H3,(H,19,24)(H,22,23)/t18-/m1/s1. The van der Waals surface area contributed by atoms with E-state index < -0.39 is 5.60 Å². The van der Waals surface area contributed by atoms with E-state index in [2.05, 4.69) is 25.5 Å². The molecule has 1 fully saturated rings. The number of amides is 1. The van der Waals surface area contributed by atoms with E-state index in [1.165, 1.54) is 0 Å². The lowest BCUT2D eigenvalue weighted by Gasteiger charge is -2.32. The smallest absolute Gasteiger partial charge is 0.272 e. The van der Waals surface area contributed by atoms with Gasteiger partial charge in [-0.05, 0) is 45.4 Å². The number of rotatable bonds is 4. The Morgan fingerprint density at radius 1 is 1.28 bits per heavy atom. The molecule has 0 saturated carbocycles. The molecule has 3 heterocycles. The molecule has 132 valence electrons. The van der Waals surface area contributed by atoms with Gasteiger partial charge >= 0.3 is 0 Å². The average Bonchev–Trinajstić information content (AvgIpc) is 3.24. The van der Waals surface area contributed by atoms with E-state index >= 15 is 0 Å². The second kappa shape index (κ2) is 6.55. The molecule has 0 aromatic carbocycles. The number of carbonyl (C=O) groups is 1. The highest BCUT2D eigenvalue weighted by molar-refractivity contribution is 5.94. The molecule has 1 atom stereocenters. The van der Waals surface area contributed by atoms with Crippen LogP contribution in [0.1, 0.15) is 65.7 Å². The molecule has 2 aromatic heterocycles. The van der Waals surface area contributed by atoms with Crippen molar-refractivity contribution < 1.29 is 9.53 Å². The molecule has 2 N–H and O–H groups in total. The highest BCUT2D eigenvalue weighted by atomic mass is 16.5. The maximum atomic E-state index is 12.3. The lowest BCUT2D eigenvalue weighted by atomic mass is 9.95. The van der Waals surface area contributed by atoms with Crippen LogP contribution < -0.4 is 5.32 Å². The molecule has 2 aromatic rings. The van der Waals surface area contributed by atoms with Crippen LogP contribution in [0.15, 0.2) is 12.4 Å². The van der Waals surface area contributed by atoms with Crippen molar-refractivity contribution in [3.8, 4) is 0 Å². The SMILES string of the molecule is C[C@]1(c2ncc(CNC(=O)c3n[nH]c4c3CCC4)cn2)CCCCO1. The summed E-state index contributed by atoms with van der Waals surface area (Å²) in [4.78, 5) is 21.3. The zero-order valence-corrected chi connectivity index (χ0v) is 14.5. The molecule has 7 nitrogen and oxygen atoms in total. The number of aryl methyl sites for hydroxylation is 1. The van der Waals surface area contributed by atoms with Crippen LogP contribution in [0.25, 0.3) is 0 Å². The minimum absolute atomic E-state index is 0.147. The van der Waals surface area contributed by atoms with Crippen LogP contribution in [0.5, 0.6) is 0 Å². The van der Waals surface area contributed by atoms with Gasteiger partial charge in [-0.1, -0.05) is 0 Å². The number of nitrogens with one attached hydrogen (secondary N) is 2. The molecule has 0 radical (unpaired) electrons. The summed E-state index contributed by atoms with van der Waals surface area (Å²) < 4.78 is 5.87. The van der Waals surface area contributed by atoms with Crippen LogP contribution >= 0.6 is 0 Å². The number of H-pyrrole nitrogens is 1. The summed E-state index contributed by atoms with van der Waals surface area (Å²) in [6, 6.07) is 0. The van der Waals surface area contributed by atoms with Crippen LogP contribution in [0.3, 0.4) is 0 Å². The van der Waals surface area contributed by atoms with Gasteiger partial charge < -0.3 is 10.1 Å². The minimum Gasteiger partial charge on any atom is -0.367 e. The highest BCUT2D eigenvalue weighted by Gasteiger charge is 2.32. The van der Waals surface area contributed by atoms with Crippen LogP contribution in [0.4, 0.5) is 0 Å². The highest BCUT2D eigenvalue weighted by Crippen LogP contribution is 2.32. The Morgan fingerprint density at radius 3 is 2.88 bits per heavy atom. The van der Waals surface area contributed by atoms with E-state index in [-0.39, 0.29) is 5.91 Å². The molecule has 0 unspecified atom stereocenters. The number of ether oxygens (including phenoxy) is 1. The van der Waals surface area contributed by atoms with Gasteiger partial charge in [0.2, 0.25) is 0 Å². The number of aromatic amines is 1. The van der Waals surface area contributed by atoms with Crippen molar-refractivity contribution in [2.75, 3.05) is 6.61 Å². The Balaban J connectivity index is 1.39. The maximum Gasteiger partial charge on any atom is 0.272 e. The summed E-state index contributed by atoms with van der Waals surface area (Å²) in [7, 11) is 0. The van der Waals surface area contributed by atoms with E-state index in [0.29, 0.717) is 18.1 Å². The number of fused-ring (bicyclic) bond motifs is 1. The zero-order valence-electron chi connectivity index (χ0n) is 14.5. The number of hydrogen-bond acceptors (Lipinski definition) is 5. The Kier molecular flexibility index (Phi) is 4.25. The summed E-state index contributed by atoms with van der Waals surface area (Å²) in [5.74, 6) is 0.568. The Morgan fingerprint density at radius 2 is 2.12 bits per heavy atom. The fraction of sp³-hybridized carbons (Fsp3) is 0.556. The molecule has 4 rings (SSSR count). The van der Waals surface area contributed by atoms with Crippen LogP contribution in [0, 0.1) is 0 Å². The van der Waals surface area contributed by atoms with E-state index in [1.54, 1.807) is 12.4 Å². The van der Waals surface area contributed by atoms with Crippen molar-refractivity contribution in [3.63, 3.8) is 0 Å². The van der Waals surface area contributed by atoms with E-state index in [4.69, 9.17) is 4.74 Å². The van der Waals surface area contributed by atoms with Gasteiger partial charge in [0.1, 0.15) is 5.60 Å². The van der Waals surface area contributed by atoms with Crippen molar-refractivity contribution >= 4 is 5.91 Å². The molecule has 0 bridgehead atoms. The van der Waals surface area contributed by atoms with Gasteiger partial charge in [-0.25, -0.2) is 9.97 Å². The van der Waals surface area contributed by atoms with Crippen molar-refractivity contribution in [3.05, 3.63) is 40.7 Å². The first-order chi connectivity index (χ1) is 12.2. The van der Waals surface area contributed by atoms with Gasteiger partial charge in [-0.15, -0.1) is 0 Å². The lowest BCUT2D eigenvalue weighted by molar-refractivity contribution is -0.0760. The normalized spacial score (nSPS) is 22.6. The molecule has 0 spiro atoms. The Labute approximate surface area is 146 Å². The van der Waals surface area contributed by atoms with Gasteiger partial charge in [0.15, 0.2) is 11.5 Å². The van der Waals surface area contributed by atoms with Crippen molar-refractivity contribution in [1.29, 1.82) is 0 Å². The monoisotopic (exact) mass is 341 g/mol. The molecule has 1 amide bonds. The molecule has 1 saturated heterocycles. The third-order valence-electron chi connectivity index (χ3n) is 5.12. The largest absolute Gasteiger partial charge is 0.367 e. The quantitative estimate of drug-likeness (QED) is 0.888. The lowest BCUT2D eigenvalue weighted by Crippen LogP contribution is -2.32. The van der Waals surface area contributed by atoms with Gasteiger partial charge in [0.05, 0.1) is 0 Å². The second-order valence-corrected chi connectivity index (χ2v) is 7.02. The third-order valence-corrected chi connectivity index (χ3v) is 5.12. The second-order valence-electron chi connectivity index (χ2n) is 7.02. The molecule has 1 aliphatic heterocycles. The summed E-state index contributed by atoms with van der Waals surface area (Å²) in [5.41, 5.74) is 3.15. The predicted molar refractivity (Wildman–Crippen MR) is 91.0 cm³/mol. The molecule has 7 heteroatoms. The minimum atomic E-state index is -0.393. The number of hydrogen-bond donors (Lipinski definition) is 2. The fourth-order valence-corrected chi connectivity index (χ4v) is 3.60. The molecule has 2 aliphatic rings. The predicted octanol–water partition coefficient (Wildman–Crippen LogP) is 2.03. The number of nitrogens with zero attached hydrogens (tertiary/aromatic N) is 3. The maximum absolute atomic E-state index is 12.3. The van der Waals surface area contributed by atoms with Crippen LogP contribution in [-0.2, 0) is 29.7 Å². The summed E-state index contributed by atoms with van der Waals surface area (Å²) in [6.07, 6.45) is 9.67. The average molecular weight is 341 g/mol. The van der Waals surface area contributed by atoms with Crippen LogP contribution in [-0.4, -0.2) is 32.7 Å². The van der Waals surface area contributed by atoms with E-state index in [1.807, 2.05) is 6.92 Å². The van der Waals surface area contributed by atoms with E-state index in [0.717, 1.165) is 62.0 Å². The zero-order chi connectivity index (χ0) is 17.3. The van der Waals surface area contributed by atoms with Crippen molar-refractivity contribution in [2.24, 2.45) is 0 Å². The van der Waals surface area contributed by atoms with E-state index in [9.17, 15) is 4.79 Å². The summed E-state index contributed by atoms with van der Waals surface area (Å²) in [6.45, 7) is 3.19. The Bertz CT molecular complexity index is 762. The van der Waals surface area contributed by atoms with Gasteiger partial charge in [-0.3, -0.25) is 9.89 Å². The number of aromatic nitrogens is 4. The summed E-state index contributed by atoms with van der Waals surface area (Å²) >= 11 is 0. The molecule has 25 heavy (non-hydrogen) atoms. The molecular weight excluding hydrogens is 318 g/mol. The van der Waals surface area contributed by atoms with Crippen molar-refractivity contribution in [2.45, 2.75) is 57.6 Å². The topological polar surface area (TPSA) is 92.8 Å². The van der Waals surface area contributed by atoms with Gasteiger partial charge in [0, 0.05) is 42.4 Å². The van der Waals surface area contributed by atoms with Gasteiger partial charge in [0.25, 0.3) is 5.91 Å². The third kappa shape index (κ3) is 3.16. The number of carbonyl (C=O) groups excluding carboxylic acids is 1. The first-order valence-corrected chi connectivity index (χ1v) is 8.95. The first-order valence-electron chi connectivity index (χ1n) is 8.95. The van der Waals surface area contributed by atoms with Crippen LogP contribution in [0.2, 0.25) is 0 Å². The Hall–Kier alpha value is -2.28. The molecule has 1 aliphatic carbocycles.